The average Bonchev–Trinajstić information content (AvgIpc) is 2.98. The van der Waals surface area contributed by atoms with Crippen LogP contribution in [0.1, 0.15) is 32.6 Å². The van der Waals surface area contributed by atoms with Gasteiger partial charge in [-0.2, -0.15) is 0 Å². The number of allylic oxidation sites excluding steroid dienone is 1. The molecule has 2 heterocycles. The van der Waals surface area contributed by atoms with E-state index in [0.717, 1.165) is 31.6 Å². The van der Waals surface area contributed by atoms with Crippen molar-refractivity contribution in [2.75, 3.05) is 11.5 Å². The summed E-state index contributed by atoms with van der Waals surface area (Å²) in [6.07, 6.45) is 8.67. The van der Waals surface area contributed by atoms with Gasteiger partial charge in [0.1, 0.15) is 0 Å². The quantitative estimate of drug-likeness (QED) is 0.587. The molecular formula is C23H24N2O3. The number of hydrogen-bond donors (Lipinski definition) is 0. The first kappa shape index (κ1) is 16.5. The minimum atomic E-state index is -0.292. The van der Waals surface area contributed by atoms with Crippen LogP contribution in [0, 0.1) is 29.1 Å². The molecule has 2 saturated carbocycles. The first-order chi connectivity index (χ1) is 13.7. The average molecular weight is 376 g/mol. The highest BCUT2D eigenvalue weighted by Gasteiger charge is 2.79. The molecule has 1 aromatic rings. The Morgan fingerprint density at radius 2 is 1.71 bits per heavy atom. The fourth-order valence-corrected chi connectivity index (χ4v) is 7.05. The van der Waals surface area contributed by atoms with Crippen LogP contribution in [-0.2, 0) is 14.3 Å². The van der Waals surface area contributed by atoms with Gasteiger partial charge in [-0.05, 0) is 31.9 Å². The molecule has 0 N–H and O–H groups in total. The molecular weight excluding hydrogens is 352 g/mol. The van der Waals surface area contributed by atoms with Crippen molar-refractivity contribution in [2.24, 2.45) is 34.1 Å². The second-order valence-corrected chi connectivity index (χ2v) is 8.79. The summed E-state index contributed by atoms with van der Waals surface area (Å²) >= 11 is 0. The highest BCUT2D eigenvalue weighted by molar-refractivity contribution is 6.23. The molecule has 2 bridgehead atoms. The van der Waals surface area contributed by atoms with Crippen molar-refractivity contribution in [2.45, 2.75) is 38.1 Å². The van der Waals surface area contributed by atoms with Gasteiger partial charge < -0.3 is 4.74 Å². The zero-order valence-electron chi connectivity index (χ0n) is 16.0. The lowest BCUT2D eigenvalue weighted by Gasteiger charge is -2.69. The Morgan fingerprint density at radius 3 is 2.46 bits per heavy atom. The van der Waals surface area contributed by atoms with Gasteiger partial charge in [-0.15, -0.1) is 0 Å². The number of aliphatic imine (C=N–C) groups is 1. The van der Waals surface area contributed by atoms with Crippen LogP contribution in [0.3, 0.4) is 0 Å². The second-order valence-electron chi connectivity index (χ2n) is 8.79. The van der Waals surface area contributed by atoms with Crippen LogP contribution in [0.15, 0.2) is 47.5 Å². The third kappa shape index (κ3) is 1.60. The summed E-state index contributed by atoms with van der Waals surface area (Å²) in [7, 11) is 0. The summed E-state index contributed by atoms with van der Waals surface area (Å²) in [6, 6.07) is 9.36. The van der Waals surface area contributed by atoms with Crippen molar-refractivity contribution in [3.8, 4) is 0 Å². The van der Waals surface area contributed by atoms with Crippen LogP contribution >= 0.6 is 0 Å². The highest BCUT2D eigenvalue weighted by Crippen LogP contribution is 2.72. The zero-order valence-corrected chi connectivity index (χ0v) is 16.0. The van der Waals surface area contributed by atoms with Gasteiger partial charge in [-0.25, -0.2) is 4.99 Å². The molecule has 1 aromatic carbocycles. The lowest BCUT2D eigenvalue weighted by atomic mass is 9.37. The van der Waals surface area contributed by atoms with Crippen molar-refractivity contribution in [3.05, 3.63) is 42.5 Å². The van der Waals surface area contributed by atoms with E-state index in [1.54, 1.807) is 0 Å². The Balaban J connectivity index is 1.49. The van der Waals surface area contributed by atoms with E-state index in [1.807, 2.05) is 37.3 Å². The minimum Gasteiger partial charge on any atom is -0.481 e. The molecule has 6 aliphatic rings. The third-order valence-corrected chi connectivity index (χ3v) is 7.95. The standard InChI is InChI=1S/C23H24N2O3/c1-2-28-21-22-12-6-7-13-23(22,24-21)16-11-10-15(22)17-18(16)20(27)25(19(17)26)14-8-4-3-5-9-14/h3-5,8-11,15-18H,2,6-7,12-13H2,1H3/t15-,16-,17-,18-,22-,23+/m1/s1. The van der Waals surface area contributed by atoms with Gasteiger partial charge in [-0.3, -0.25) is 14.5 Å². The number of carbonyl (C=O) groups excluding carboxylic acids is 2. The molecule has 2 aliphatic heterocycles. The van der Waals surface area contributed by atoms with E-state index in [9.17, 15) is 9.59 Å². The topological polar surface area (TPSA) is 59.0 Å². The van der Waals surface area contributed by atoms with Crippen molar-refractivity contribution < 1.29 is 14.3 Å². The SMILES string of the molecule is CCOC1=N[C@]23CCCC[C@@]12[C@@H]1C=C[C@@H]3[C@H]2C(=O)N(c3ccccc3)C(=O)[C@@H]21. The van der Waals surface area contributed by atoms with Crippen LogP contribution in [0.5, 0.6) is 0 Å². The van der Waals surface area contributed by atoms with Crippen LogP contribution in [0.2, 0.25) is 0 Å². The summed E-state index contributed by atoms with van der Waals surface area (Å²) in [5, 5.41) is 0. The van der Waals surface area contributed by atoms with Gasteiger partial charge in [0.2, 0.25) is 11.8 Å². The number of carbonyl (C=O) groups is 2. The molecule has 0 spiro atoms. The van der Waals surface area contributed by atoms with Gasteiger partial charge in [0, 0.05) is 11.8 Å². The van der Waals surface area contributed by atoms with Gasteiger partial charge in [-0.1, -0.05) is 43.2 Å². The van der Waals surface area contributed by atoms with Crippen LogP contribution < -0.4 is 4.90 Å². The number of imide groups is 1. The molecule has 5 heteroatoms. The summed E-state index contributed by atoms with van der Waals surface area (Å²) < 4.78 is 5.98. The Labute approximate surface area is 164 Å². The van der Waals surface area contributed by atoms with E-state index in [1.165, 1.54) is 4.90 Å². The molecule has 7 rings (SSSR count). The van der Waals surface area contributed by atoms with Crippen molar-refractivity contribution in [1.29, 1.82) is 0 Å². The van der Waals surface area contributed by atoms with Crippen molar-refractivity contribution in [3.63, 3.8) is 0 Å². The summed E-state index contributed by atoms with van der Waals surface area (Å²) in [6.45, 7) is 2.58. The largest absolute Gasteiger partial charge is 0.481 e. The molecule has 4 aliphatic carbocycles. The Morgan fingerprint density at radius 1 is 1.04 bits per heavy atom. The summed E-state index contributed by atoms with van der Waals surface area (Å²) in [5.41, 5.74) is 0.242. The Kier molecular flexibility index (Phi) is 3.15. The minimum absolute atomic E-state index is 0.00262. The maximum atomic E-state index is 13.5. The normalized spacial score (nSPS) is 42.5. The molecule has 0 unspecified atom stereocenters. The maximum Gasteiger partial charge on any atom is 0.238 e. The number of hydrogen-bond acceptors (Lipinski definition) is 4. The molecule has 6 atom stereocenters. The Hall–Kier alpha value is -2.43. The van der Waals surface area contributed by atoms with Crippen LogP contribution in [0.25, 0.3) is 0 Å². The second kappa shape index (κ2) is 5.34. The fraction of sp³-hybridized carbons (Fsp3) is 0.522. The first-order valence-corrected chi connectivity index (χ1v) is 10.5. The number of benzene rings is 1. The number of anilines is 1. The molecule has 3 fully saturated rings. The molecule has 1 saturated heterocycles. The van der Waals surface area contributed by atoms with E-state index >= 15 is 0 Å². The van der Waals surface area contributed by atoms with Gasteiger partial charge in [0.15, 0.2) is 5.90 Å². The lowest BCUT2D eigenvalue weighted by molar-refractivity contribution is -0.144. The van der Waals surface area contributed by atoms with E-state index in [2.05, 4.69) is 12.2 Å². The maximum absolute atomic E-state index is 13.5. The molecule has 144 valence electrons. The first-order valence-electron chi connectivity index (χ1n) is 10.5. The van der Waals surface area contributed by atoms with Crippen LogP contribution in [-0.4, -0.2) is 29.9 Å². The molecule has 5 nitrogen and oxygen atoms in total. The van der Waals surface area contributed by atoms with Crippen LogP contribution in [0.4, 0.5) is 5.69 Å². The van der Waals surface area contributed by atoms with Crippen molar-refractivity contribution in [1.82, 2.24) is 0 Å². The Bertz CT molecular complexity index is 938. The number of ether oxygens (including phenoxy) is 1. The number of amides is 2. The van der Waals surface area contributed by atoms with Gasteiger partial charge in [0.25, 0.3) is 0 Å². The van der Waals surface area contributed by atoms with E-state index in [-0.39, 0.29) is 46.4 Å². The molecule has 28 heavy (non-hydrogen) atoms. The third-order valence-electron chi connectivity index (χ3n) is 7.95. The van der Waals surface area contributed by atoms with Crippen molar-refractivity contribution >= 4 is 23.4 Å². The zero-order chi connectivity index (χ0) is 19.1. The van der Waals surface area contributed by atoms with Gasteiger partial charge in [0.05, 0.1) is 35.1 Å². The smallest absolute Gasteiger partial charge is 0.238 e. The molecule has 0 aromatic heterocycles. The monoisotopic (exact) mass is 376 g/mol. The number of rotatable bonds is 2. The van der Waals surface area contributed by atoms with E-state index in [4.69, 9.17) is 9.73 Å². The highest BCUT2D eigenvalue weighted by atomic mass is 16.5. The van der Waals surface area contributed by atoms with E-state index in [0.29, 0.717) is 12.3 Å². The number of para-hydroxylation sites is 1. The molecule has 2 amide bonds. The lowest BCUT2D eigenvalue weighted by Crippen LogP contribution is -2.75. The fourth-order valence-electron chi connectivity index (χ4n) is 7.05. The van der Waals surface area contributed by atoms with Gasteiger partial charge >= 0.3 is 0 Å². The summed E-state index contributed by atoms with van der Waals surface area (Å²) in [4.78, 5) is 33.5. The summed E-state index contributed by atoms with van der Waals surface area (Å²) in [5.74, 6) is 0.168. The van der Waals surface area contributed by atoms with E-state index < -0.39 is 0 Å². The predicted molar refractivity (Wildman–Crippen MR) is 105 cm³/mol. The predicted octanol–water partition coefficient (Wildman–Crippen LogP) is 3.36. The molecule has 0 radical (unpaired) electrons. The number of nitrogens with zero attached hydrogens (tertiary/aromatic N) is 2.